The van der Waals surface area contributed by atoms with Crippen LogP contribution in [0.2, 0.25) is 0 Å². The zero-order valence-electron chi connectivity index (χ0n) is 15.7. The SMILES string of the molecule is COCc1cccc(NC(=O)C(C)NC(=O)/C=C/c2ccc(OC)cc2)c1. The van der Waals surface area contributed by atoms with E-state index >= 15 is 0 Å². The summed E-state index contributed by atoms with van der Waals surface area (Å²) in [6.07, 6.45) is 3.07. The lowest BCUT2D eigenvalue weighted by Gasteiger charge is -2.13. The Kier molecular flexibility index (Phi) is 7.58. The highest BCUT2D eigenvalue weighted by atomic mass is 16.5. The number of nitrogens with one attached hydrogen (secondary N) is 2. The van der Waals surface area contributed by atoms with Crippen molar-refractivity contribution in [2.45, 2.75) is 19.6 Å². The molecule has 0 bridgehead atoms. The van der Waals surface area contributed by atoms with E-state index in [1.165, 1.54) is 6.08 Å². The summed E-state index contributed by atoms with van der Waals surface area (Å²) >= 11 is 0. The molecule has 6 heteroatoms. The lowest BCUT2D eigenvalue weighted by molar-refractivity contribution is -0.123. The number of hydrogen-bond donors (Lipinski definition) is 2. The summed E-state index contributed by atoms with van der Waals surface area (Å²) in [6.45, 7) is 2.10. The smallest absolute Gasteiger partial charge is 0.246 e. The van der Waals surface area contributed by atoms with Crippen molar-refractivity contribution in [1.82, 2.24) is 5.32 Å². The van der Waals surface area contributed by atoms with E-state index in [4.69, 9.17) is 9.47 Å². The number of methoxy groups -OCH3 is 2. The number of hydrogen-bond acceptors (Lipinski definition) is 4. The van der Waals surface area contributed by atoms with E-state index < -0.39 is 6.04 Å². The predicted octanol–water partition coefficient (Wildman–Crippen LogP) is 3.00. The van der Waals surface area contributed by atoms with Crippen LogP contribution in [0.1, 0.15) is 18.1 Å². The number of benzene rings is 2. The summed E-state index contributed by atoms with van der Waals surface area (Å²) in [5.41, 5.74) is 2.47. The van der Waals surface area contributed by atoms with Crippen LogP contribution in [0, 0.1) is 0 Å². The molecule has 0 spiro atoms. The molecule has 142 valence electrons. The molecule has 0 aliphatic rings. The van der Waals surface area contributed by atoms with Gasteiger partial charge in [-0.25, -0.2) is 0 Å². The van der Waals surface area contributed by atoms with E-state index in [0.717, 1.165) is 16.9 Å². The van der Waals surface area contributed by atoms with Crippen molar-refractivity contribution in [3.05, 3.63) is 65.7 Å². The number of rotatable bonds is 8. The van der Waals surface area contributed by atoms with Crippen LogP contribution in [0.25, 0.3) is 6.08 Å². The van der Waals surface area contributed by atoms with Crippen molar-refractivity contribution in [3.8, 4) is 5.75 Å². The first kappa shape index (κ1) is 20.2. The van der Waals surface area contributed by atoms with Crippen LogP contribution in [0.5, 0.6) is 5.75 Å². The van der Waals surface area contributed by atoms with Gasteiger partial charge < -0.3 is 20.1 Å². The molecule has 0 saturated heterocycles. The number of ether oxygens (including phenoxy) is 2. The first-order valence-electron chi connectivity index (χ1n) is 8.53. The average molecular weight is 368 g/mol. The molecule has 2 aromatic rings. The summed E-state index contributed by atoms with van der Waals surface area (Å²) in [4.78, 5) is 24.3. The van der Waals surface area contributed by atoms with E-state index in [1.54, 1.807) is 33.3 Å². The molecule has 0 heterocycles. The topological polar surface area (TPSA) is 76.7 Å². The molecule has 1 atom stereocenters. The van der Waals surface area contributed by atoms with Crippen LogP contribution in [0.3, 0.4) is 0 Å². The standard InChI is InChI=1S/C21H24N2O4/c1-15(21(25)23-18-6-4-5-17(13-18)14-26-2)22-20(24)12-9-16-7-10-19(27-3)11-8-16/h4-13,15H,14H2,1-3H3,(H,22,24)(H,23,25)/b12-9+. The quantitative estimate of drug-likeness (QED) is 0.702. The summed E-state index contributed by atoms with van der Waals surface area (Å²) in [6, 6.07) is 14.0. The number of anilines is 1. The van der Waals surface area contributed by atoms with Gasteiger partial charge in [-0.2, -0.15) is 0 Å². The van der Waals surface area contributed by atoms with Gasteiger partial charge in [0, 0.05) is 18.9 Å². The summed E-state index contributed by atoms with van der Waals surface area (Å²) in [5, 5.41) is 5.43. The van der Waals surface area contributed by atoms with E-state index in [-0.39, 0.29) is 11.8 Å². The first-order chi connectivity index (χ1) is 13.0. The highest BCUT2D eigenvalue weighted by Gasteiger charge is 2.14. The van der Waals surface area contributed by atoms with Gasteiger partial charge in [0.2, 0.25) is 11.8 Å². The minimum absolute atomic E-state index is 0.296. The van der Waals surface area contributed by atoms with Crippen molar-refractivity contribution in [3.63, 3.8) is 0 Å². The van der Waals surface area contributed by atoms with Gasteiger partial charge in [0.05, 0.1) is 13.7 Å². The first-order valence-corrected chi connectivity index (χ1v) is 8.53. The minimum Gasteiger partial charge on any atom is -0.497 e. The molecule has 0 aliphatic heterocycles. The highest BCUT2D eigenvalue weighted by Crippen LogP contribution is 2.13. The Balaban J connectivity index is 1.88. The normalized spacial score (nSPS) is 11.8. The molecule has 27 heavy (non-hydrogen) atoms. The van der Waals surface area contributed by atoms with Gasteiger partial charge in [0.15, 0.2) is 0 Å². The molecule has 0 aliphatic carbocycles. The Hall–Kier alpha value is -3.12. The Morgan fingerprint density at radius 3 is 2.52 bits per heavy atom. The monoisotopic (exact) mass is 368 g/mol. The van der Waals surface area contributed by atoms with Crippen LogP contribution in [-0.2, 0) is 20.9 Å². The zero-order valence-corrected chi connectivity index (χ0v) is 15.7. The molecule has 1 unspecified atom stereocenters. The van der Waals surface area contributed by atoms with Gasteiger partial charge in [0.1, 0.15) is 11.8 Å². The molecular formula is C21H24N2O4. The van der Waals surface area contributed by atoms with Crippen molar-refractivity contribution >= 4 is 23.6 Å². The maximum Gasteiger partial charge on any atom is 0.246 e. The molecule has 2 N–H and O–H groups in total. The second kappa shape index (κ2) is 10.1. The predicted molar refractivity (Wildman–Crippen MR) is 105 cm³/mol. The van der Waals surface area contributed by atoms with E-state index in [9.17, 15) is 9.59 Å². The summed E-state index contributed by atoms with van der Waals surface area (Å²) in [7, 11) is 3.21. The molecule has 6 nitrogen and oxygen atoms in total. The summed E-state index contributed by atoms with van der Waals surface area (Å²) in [5.74, 6) is 0.105. The minimum atomic E-state index is -0.677. The Bertz CT molecular complexity index is 800. The van der Waals surface area contributed by atoms with Crippen molar-refractivity contribution in [2.24, 2.45) is 0 Å². The average Bonchev–Trinajstić information content (AvgIpc) is 2.67. The Labute approximate surface area is 159 Å². The van der Waals surface area contributed by atoms with Gasteiger partial charge in [-0.15, -0.1) is 0 Å². The van der Waals surface area contributed by atoms with Gasteiger partial charge in [-0.3, -0.25) is 9.59 Å². The molecule has 0 saturated carbocycles. The molecule has 2 aromatic carbocycles. The second-order valence-corrected chi connectivity index (χ2v) is 5.96. The third kappa shape index (κ3) is 6.60. The fourth-order valence-corrected chi connectivity index (χ4v) is 2.37. The van der Waals surface area contributed by atoms with Crippen molar-refractivity contribution < 1.29 is 19.1 Å². The molecule has 2 amide bonds. The van der Waals surface area contributed by atoms with E-state index in [0.29, 0.717) is 12.3 Å². The van der Waals surface area contributed by atoms with E-state index in [1.807, 2.05) is 42.5 Å². The van der Waals surface area contributed by atoms with Crippen LogP contribution in [0.4, 0.5) is 5.69 Å². The lowest BCUT2D eigenvalue weighted by Crippen LogP contribution is -2.40. The van der Waals surface area contributed by atoms with Crippen molar-refractivity contribution in [1.29, 1.82) is 0 Å². The molecule has 0 fully saturated rings. The molecule has 0 aromatic heterocycles. The van der Waals surface area contributed by atoms with Gasteiger partial charge >= 0.3 is 0 Å². The largest absolute Gasteiger partial charge is 0.497 e. The highest BCUT2D eigenvalue weighted by molar-refractivity contribution is 5.99. The van der Waals surface area contributed by atoms with Crippen LogP contribution >= 0.6 is 0 Å². The molecule has 2 rings (SSSR count). The number of amides is 2. The molecule has 0 radical (unpaired) electrons. The Morgan fingerprint density at radius 2 is 1.85 bits per heavy atom. The fourth-order valence-electron chi connectivity index (χ4n) is 2.37. The van der Waals surface area contributed by atoms with Gasteiger partial charge in [-0.05, 0) is 48.4 Å². The van der Waals surface area contributed by atoms with Crippen LogP contribution < -0.4 is 15.4 Å². The number of carbonyl (C=O) groups excluding carboxylic acids is 2. The van der Waals surface area contributed by atoms with Gasteiger partial charge in [-0.1, -0.05) is 24.3 Å². The third-order valence-electron chi connectivity index (χ3n) is 3.80. The maximum atomic E-state index is 12.3. The van der Waals surface area contributed by atoms with Gasteiger partial charge in [0.25, 0.3) is 0 Å². The molecular weight excluding hydrogens is 344 g/mol. The van der Waals surface area contributed by atoms with Crippen LogP contribution in [0.15, 0.2) is 54.6 Å². The van der Waals surface area contributed by atoms with E-state index in [2.05, 4.69) is 10.6 Å². The third-order valence-corrected chi connectivity index (χ3v) is 3.80. The lowest BCUT2D eigenvalue weighted by atomic mass is 10.2. The maximum absolute atomic E-state index is 12.3. The number of carbonyl (C=O) groups is 2. The zero-order chi connectivity index (χ0) is 19.6. The van der Waals surface area contributed by atoms with Crippen molar-refractivity contribution in [2.75, 3.05) is 19.5 Å². The summed E-state index contributed by atoms with van der Waals surface area (Å²) < 4.78 is 10.2. The fraction of sp³-hybridized carbons (Fsp3) is 0.238. The Morgan fingerprint density at radius 1 is 1.11 bits per heavy atom. The second-order valence-electron chi connectivity index (χ2n) is 5.96. The van der Waals surface area contributed by atoms with Crippen LogP contribution in [-0.4, -0.2) is 32.1 Å².